The molecule has 0 amide bonds. The normalized spacial score (nSPS) is 13.1. The fraction of sp³-hybridized carbons (Fsp3) is 0.615. The molecule has 5 nitrogen and oxygen atoms in total. The van der Waals surface area contributed by atoms with Crippen LogP contribution in [0.3, 0.4) is 0 Å². The highest BCUT2D eigenvalue weighted by Gasteiger charge is 2.15. The van der Waals surface area contributed by atoms with Crippen molar-refractivity contribution in [3.05, 3.63) is 12.1 Å². The van der Waals surface area contributed by atoms with E-state index in [1.54, 1.807) is 12.3 Å². The lowest BCUT2D eigenvalue weighted by Crippen LogP contribution is -2.24. The maximum atomic E-state index is 10.9. The van der Waals surface area contributed by atoms with E-state index in [0.29, 0.717) is 17.3 Å². The van der Waals surface area contributed by atoms with Gasteiger partial charge in [-0.25, -0.2) is 0 Å². The fourth-order valence-electron chi connectivity index (χ4n) is 1.41. The Morgan fingerprint density at radius 2 is 2.11 bits per heavy atom. The molecular formula is C13H23N3O2S. The third-order valence-corrected chi connectivity index (χ3v) is 3.07. The number of aromatic nitrogens is 1. The van der Waals surface area contributed by atoms with Crippen molar-refractivity contribution < 1.29 is 8.95 Å². The zero-order valence-electron chi connectivity index (χ0n) is 12.0. The number of hydrogen-bond acceptors (Lipinski definition) is 5. The lowest BCUT2D eigenvalue weighted by atomic mass is 10.2. The number of pyridine rings is 1. The monoisotopic (exact) mass is 285 g/mol. The van der Waals surface area contributed by atoms with Crippen LogP contribution in [-0.4, -0.2) is 33.3 Å². The largest absolute Gasteiger partial charge is 0.470 e. The summed E-state index contributed by atoms with van der Waals surface area (Å²) in [6, 6.07) is 3.59. The lowest BCUT2D eigenvalue weighted by Gasteiger charge is -2.21. The molecule has 0 aliphatic heterocycles. The van der Waals surface area contributed by atoms with Gasteiger partial charge in [-0.1, -0.05) is 0 Å². The van der Waals surface area contributed by atoms with Crippen molar-refractivity contribution in [2.75, 3.05) is 29.6 Å². The van der Waals surface area contributed by atoms with E-state index in [-0.39, 0.29) is 5.60 Å². The molecule has 0 fully saturated rings. The van der Waals surface area contributed by atoms with Crippen LogP contribution >= 0.6 is 0 Å². The average molecular weight is 285 g/mol. The molecule has 1 aromatic rings. The topological polar surface area (TPSA) is 77.2 Å². The van der Waals surface area contributed by atoms with Crippen LogP contribution in [0, 0.1) is 0 Å². The van der Waals surface area contributed by atoms with Gasteiger partial charge in [-0.05, 0) is 39.3 Å². The van der Waals surface area contributed by atoms with Gasteiger partial charge in [0.25, 0.3) is 0 Å². The van der Waals surface area contributed by atoms with Gasteiger partial charge < -0.3 is 15.8 Å². The number of ether oxygens (including phenoxy) is 1. The van der Waals surface area contributed by atoms with Gasteiger partial charge in [0.05, 0.1) is 5.69 Å². The van der Waals surface area contributed by atoms with Crippen molar-refractivity contribution in [3.63, 3.8) is 0 Å². The van der Waals surface area contributed by atoms with Gasteiger partial charge in [0.1, 0.15) is 11.4 Å². The van der Waals surface area contributed by atoms with E-state index in [1.807, 2.05) is 26.8 Å². The first-order valence-electron chi connectivity index (χ1n) is 6.27. The van der Waals surface area contributed by atoms with Crippen LogP contribution in [0.1, 0.15) is 27.2 Å². The Labute approximate surface area is 117 Å². The van der Waals surface area contributed by atoms with Crippen molar-refractivity contribution in [2.24, 2.45) is 0 Å². The molecule has 1 rings (SSSR count). The van der Waals surface area contributed by atoms with E-state index in [1.165, 1.54) is 0 Å². The fourth-order valence-corrected chi connectivity index (χ4v) is 1.96. The molecule has 0 saturated heterocycles. The lowest BCUT2D eigenvalue weighted by molar-refractivity contribution is 0.125. The minimum absolute atomic E-state index is 0.334. The quantitative estimate of drug-likeness (QED) is 0.782. The molecule has 1 atom stereocenters. The van der Waals surface area contributed by atoms with Gasteiger partial charge in [-0.15, -0.1) is 0 Å². The SMILES string of the molecule is CS(=O)CCCNc1ccc(N)c(OC(C)(C)C)n1. The van der Waals surface area contributed by atoms with Crippen molar-refractivity contribution in [2.45, 2.75) is 32.8 Å². The van der Waals surface area contributed by atoms with Crippen LogP contribution in [0.25, 0.3) is 0 Å². The third-order valence-electron chi connectivity index (χ3n) is 2.21. The van der Waals surface area contributed by atoms with Crippen LogP contribution in [0.2, 0.25) is 0 Å². The van der Waals surface area contributed by atoms with Crippen molar-refractivity contribution in [3.8, 4) is 5.88 Å². The van der Waals surface area contributed by atoms with Crippen LogP contribution in [-0.2, 0) is 10.8 Å². The first-order chi connectivity index (χ1) is 8.78. The Kier molecular flexibility index (Phi) is 5.60. The molecular weight excluding hydrogens is 262 g/mol. The summed E-state index contributed by atoms with van der Waals surface area (Å²) in [4.78, 5) is 4.34. The number of anilines is 2. The molecule has 0 aliphatic rings. The summed E-state index contributed by atoms with van der Waals surface area (Å²) < 4.78 is 16.6. The molecule has 19 heavy (non-hydrogen) atoms. The van der Waals surface area contributed by atoms with Crippen molar-refractivity contribution in [1.82, 2.24) is 4.98 Å². The molecule has 1 heterocycles. The summed E-state index contributed by atoms with van der Waals surface area (Å²) in [5.41, 5.74) is 6.02. The number of nitrogen functional groups attached to an aromatic ring is 1. The number of nitrogens with one attached hydrogen (secondary N) is 1. The van der Waals surface area contributed by atoms with Crippen LogP contribution in [0.4, 0.5) is 11.5 Å². The second kappa shape index (κ2) is 6.75. The van der Waals surface area contributed by atoms with Gasteiger partial charge in [0.15, 0.2) is 0 Å². The molecule has 6 heteroatoms. The minimum Gasteiger partial charge on any atom is -0.470 e. The highest BCUT2D eigenvalue weighted by atomic mass is 32.2. The maximum Gasteiger partial charge on any atom is 0.239 e. The predicted molar refractivity (Wildman–Crippen MR) is 81.1 cm³/mol. The zero-order chi connectivity index (χ0) is 14.5. The molecule has 1 aromatic heterocycles. The molecule has 0 spiro atoms. The van der Waals surface area contributed by atoms with Gasteiger partial charge in [-0.3, -0.25) is 4.21 Å². The summed E-state index contributed by atoms with van der Waals surface area (Å²) in [6.07, 6.45) is 2.54. The molecule has 0 saturated carbocycles. The summed E-state index contributed by atoms with van der Waals surface area (Å²) in [5.74, 6) is 1.85. The maximum absolute atomic E-state index is 10.9. The zero-order valence-corrected chi connectivity index (χ0v) is 12.8. The Balaban J connectivity index is 2.60. The second-order valence-corrected chi connectivity index (χ2v) is 6.92. The molecule has 3 N–H and O–H groups in total. The van der Waals surface area contributed by atoms with Crippen LogP contribution in [0.5, 0.6) is 5.88 Å². The molecule has 0 aromatic carbocycles. The van der Waals surface area contributed by atoms with E-state index in [4.69, 9.17) is 10.5 Å². The molecule has 0 bridgehead atoms. The Bertz CT molecular complexity index is 444. The van der Waals surface area contributed by atoms with Crippen molar-refractivity contribution >= 4 is 22.3 Å². The number of nitrogens with zero attached hydrogens (tertiary/aromatic N) is 1. The Morgan fingerprint density at radius 3 is 2.68 bits per heavy atom. The summed E-state index contributed by atoms with van der Waals surface area (Å²) in [7, 11) is -0.750. The molecule has 108 valence electrons. The smallest absolute Gasteiger partial charge is 0.239 e. The summed E-state index contributed by atoms with van der Waals surface area (Å²) in [6.45, 7) is 6.58. The molecule has 0 aliphatic carbocycles. The Morgan fingerprint density at radius 1 is 1.42 bits per heavy atom. The molecule has 1 unspecified atom stereocenters. The van der Waals surface area contributed by atoms with Crippen LogP contribution < -0.4 is 15.8 Å². The number of rotatable bonds is 6. The minimum atomic E-state index is -0.750. The molecule has 0 radical (unpaired) electrons. The second-order valence-electron chi connectivity index (χ2n) is 5.36. The third kappa shape index (κ3) is 6.42. The highest BCUT2D eigenvalue weighted by molar-refractivity contribution is 7.84. The van der Waals surface area contributed by atoms with Gasteiger partial charge in [0, 0.05) is 29.4 Å². The number of nitrogens with two attached hydrogens (primary N) is 1. The standard InChI is InChI=1S/C13H23N3O2S/c1-13(2,3)18-12-10(14)6-7-11(16-12)15-8-5-9-19(4)17/h6-7H,5,8-9,14H2,1-4H3,(H,15,16). The van der Waals surface area contributed by atoms with Gasteiger partial charge >= 0.3 is 0 Å². The summed E-state index contributed by atoms with van der Waals surface area (Å²) >= 11 is 0. The first kappa shape index (κ1) is 15.8. The van der Waals surface area contributed by atoms with E-state index >= 15 is 0 Å². The number of hydrogen-bond donors (Lipinski definition) is 2. The van der Waals surface area contributed by atoms with E-state index in [9.17, 15) is 4.21 Å². The van der Waals surface area contributed by atoms with Gasteiger partial charge in [-0.2, -0.15) is 4.98 Å². The Hall–Kier alpha value is -1.30. The van der Waals surface area contributed by atoms with Crippen molar-refractivity contribution in [1.29, 1.82) is 0 Å². The highest BCUT2D eigenvalue weighted by Crippen LogP contribution is 2.24. The van der Waals surface area contributed by atoms with E-state index in [0.717, 1.165) is 18.8 Å². The average Bonchev–Trinajstić information content (AvgIpc) is 2.26. The van der Waals surface area contributed by atoms with E-state index in [2.05, 4.69) is 10.3 Å². The first-order valence-corrected chi connectivity index (χ1v) is 8.00. The van der Waals surface area contributed by atoms with Gasteiger partial charge in [0.2, 0.25) is 5.88 Å². The van der Waals surface area contributed by atoms with Crippen LogP contribution in [0.15, 0.2) is 12.1 Å². The summed E-state index contributed by atoms with van der Waals surface area (Å²) in [5, 5.41) is 3.17. The predicted octanol–water partition coefficient (Wildman–Crippen LogP) is 2.02. The van der Waals surface area contributed by atoms with E-state index < -0.39 is 10.8 Å².